The Labute approximate surface area is 463 Å². The van der Waals surface area contributed by atoms with Crippen molar-refractivity contribution in [3.8, 4) is 44.5 Å². The maximum atomic E-state index is 4.93. The van der Waals surface area contributed by atoms with E-state index in [4.69, 9.17) is 17.0 Å². The molecule has 0 aromatic heterocycles. The molecule has 0 N–H and O–H groups in total. The van der Waals surface area contributed by atoms with Crippen molar-refractivity contribution in [2.45, 2.75) is 132 Å². The normalized spacial score (nSPS) is 12.0. The fourth-order valence-electron chi connectivity index (χ4n) is 9.48. The molecule has 0 aliphatic heterocycles. The van der Waals surface area contributed by atoms with Crippen molar-refractivity contribution in [2.24, 2.45) is 11.8 Å². The van der Waals surface area contributed by atoms with Crippen LogP contribution in [-0.4, -0.2) is 41.8 Å². The third-order valence-corrected chi connectivity index (χ3v) is 21.3. The molecule has 72 heavy (non-hydrogen) atoms. The summed E-state index contributed by atoms with van der Waals surface area (Å²) in [6.07, 6.45) is 2.26. The molecule has 378 valence electrons. The van der Waals surface area contributed by atoms with Crippen LogP contribution in [0, 0.1) is 11.8 Å². The van der Waals surface area contributed by atoms with Crippen molar-refractivity contribution < 1.29 is 20.8 Å². The molecule has 0 aliphatic rings. The number of fused-ring (bicyclic) bond motifs is 2. The Bertz CT molecular complexity index is 2720. The molecular formula is C64H84Cl2Si5Zr. The average molecular weight is 1160 g/mol. The second-order valence-corrected chi connectivity index (χ2v) is 49.8. The van der Waals surface area contributed by atoms with Crippen LogP contribution in [0.2, 0.25) is 91.7 Å². The van der Waals surface area contributed by atoms with Crippen LogP contribution in [-0.2, 0) is 33.7 Å². The maximum absolute atomic E-state index is 4.93. The molecule has 0 atom stereocenters. The Morgan fingerprint density at radius 1 is 0.417 bits per heavy atom. The molecule has 0 heterocycles. The van der Waals surface area contributed by atoms with E-state index >= 15 is 0 Å². The summed E-state index contributed by atoms with van der Waals surface area (Å²) in [7, 11) is 5.09. The van der Waals surface area contributed by atoms with Crippen LogP contribution in [0.25, 0.3) is 66.1 Å². The van der Waals surface area contributed by atoms with Gasteiger partial charge in [0.15, 0.2) is 0 Å². The van der Waals surface area contributed by atoms with E-state index < -0.39 is 53.1 Å². The number of hydrogen-bond donors (Lipinski definition) is 0. The van der Waals surface area contributed by atoms with E-state index in [-0.39, 0.29) is 0 Å². The molecule has 0 unspecified atom stereocenters. The van der Waals surface area contributed by atoms with Crippen molar-refractivity contribution in [3.63, 3.8) is 0 Å². The Kier molecular flexibility index (Phi) is 21.4. The minimum atomic E-state index is -1.47. The number of rotatable bonds is 12. The molecule has 0 amide bonds. The van der Waals surface area contributed by atoms with Gasteiger partial charge in [0, 0.05) is 9.52 Å². The Morgan fingerprint density at radius 3 is 0.944 bits per heavy atom. The summed E-state index contributed by atoms with van der Waals surface area (Å²) < 4.78 is 0. The topological polar surface area (TPSA) is 0 Å². The molecule has 0 saturated heterocycles. The van der Waals surface area contributed by atoms with E-state index in [1.165, 1.54) is 77.2 Å². The SMILES string of the molecule is CC(C)Cc1cc2c(-c3cc([Si](C)(C)C)cc([Si](C)(C)C)c3)c(-c3ccccc3)ccc2[cH-]1.CC(C)Cc1cc2c(-c3cc([Si](C)(C)C)cc([Si](C)(C)C)c3)c(-c3ccccc3)ccc2[cH-]1.C[Si]C.[Cl][Zr+2][Cl]. The zero-order chi connectivity index (χ0) is 53.3. The van der Waals surface area contributed by atoms with E-state index in [1.54, 1.807) is 20.7 Å². The summed E-state index contributed by atoms with van der Waals surface area (Å²) in [6.45, 7) is 43.2. The van der Waals surface area contributed by atoms with Gasteiger partial charge in [-0.15, -0.1) is 56.9 Å². The first-order valence-corrected chi connectivity index (χ1v) is 48.5. The molecule has 0 bridgehead atoms. The van der Waals surface area contributed by atoms with E-state index in [2.05, 4.69) is 265 Å². The van der Waals surface area contributed by atoms with Crippen LogP contribution in [0.5, 0.6) is 0 Å². The molecule has 2 radical (unpaired) electrons. The predicted molar refractivity (Wildman–Crippen MR) is 339 cm³/mol. The second-order valence-electron chi connectivity index (χ2n) is 24.8. The first kappa shape index (κ1) is 60.0. The van der Waals surface area contributed by atoms with E-state index in [0.717, 1.165) is 22.4 Å². The van der Waals surface area contributed by atoms with Crippen LogP contribution < -0.4 is 20.7 Å². The van der Waals surface area contributed by atoms with Gasteiger partial charge in [-0.1, -0.05) is 260 Å². The summed E-state index contributed by atoms with van der Waals surface area (Å²) in [5, 5.41) is 11.8. The van der Waals surface area contributed by atoms with Gasteiger partial charge in [-0.2, -0.15) is 12.1 Å². The van der Waals surface area contributed by atoms with Crippen molar-refractivity contribution in [1.82, 2.24) is 0 Å². The minimum absolute atomic E-state index is 0.660. The predicted octanol–water partition coefficient (Wildman–Crippen LogP) is 18.5. The summed E-state index contributed by atoms with van der Waals surface area (Å²) in [6, 6.07) is 56.1. The van der Waals surface area contributed by atoms with Gasteiger partial charge >= 0.3 is 37.9 Å². The molecule has 0 aliphatic carbocycles. The van der Waals surface area contributed by atoms with Crippen LogP contribution >= 0.6 is 17.0 Å². The third kappa shape index (κ3) is 16.1. The van der Waals surface area contributed by atoms with Crippen molar-refractivity contribution >= 4 is 101 Å². The Hall–Kier alpha value is -2.91. The molecule has 0 spiro atoms. The number of benzene rings is 6. The van der Waals surface area contributed by atoms with Crippen LogP contribution in [0.4, 0.5) is 0 Å². The molecule has 0 fully saturated rings. The van der Waals surface area contributed by atoms with Crippen molar-refractivity contribution in [3.05, 3.63) is 157 Å². The van der Waals surface area contributed by atoms with Crippen molar-refractivity contribution in [1.29, 1.82) is 0 Å². The number of hydrogen-bond acceptors (Lipinski definition) is 0. The summed E-state index contributed by atoms with van der Waals surface area (Å²) in [5.74, 6) is 1.32. The van der Waals surface area contributed by atoms with Gasteiger partial charge in [0.25, 0.3) is 0 Å². The average Bonchev–Trinajstić information content (AvgIpc) is 3.90. The fraction of sp³-hybridized carbons (Fsp3) is 0.344. The monoisotopic (exact) mass is 1150 g/mol. The first-order valence-electron chi connectivity index (χ1n) is 26.1. The van der Waals surface area contributed by atoms with Gasteiger partial charge in [0.05, 0.1) is 32.3 Å². The second kappa shape index (κ2) is 25.8. The van der Waals surface area contributed by atoms with Gasteiger partial charge in [-0.05, 0) is 58.1 Å². The first-order chi connectivity index (χ1) is 33.7. The van der Waals surface area contributed by atoms with Crippen LogP contribution in [0.1, 0.15) is 38.8 Å². The Morgan fingerprint density at radius 2 is 0.694 bits per heavy atom. The Balaban J connectivity index is 0.000000241. The molecule has 8 aromatic carbocycles. The van der Waals surface area contributed by atoms with Crippen LogP contribution in [0.3, 0.4) is 0 Å². The van der Waals surface area contributed by atoms with E-state index in [1.807, 2.05) is 0 Å². The van der Waals surface area contributed by atoms with Crippen LogP contribution in [0.15, 0.2) is 146 Å². The zero-order valence-corrected chi connectivity index (χ0v) is 56.2. The summed E-state index contributed by atoms with van der Waals surface area (Å²) >= 11 is -0.826. The van der Waals surface area contributed by atoms with E-state index in [9.17, 15) is 0 Å². The number of halogens is 2. The third-order valence-electron chi connectivity index (χ3n) is 13.3. The molecular weight excluding hydrogens is 1070 g/mol. The van der Waals surface area contributed by atoms with Gasteiger partial charge in [-0.3, -0.25) is 0 Å². The molecule has 8 rings (SSSR count). The molecule has 0 nitrogen and oxygen atoms in total. The van der Waals surface area contributed by atoms with Gasteiger partial charge in [0.2, 0.25) is 0 Å². The van der Waals surface area contributed by atoms with Gasteiger partial charge in [0.1, 0.15) is 0 Å². The van der Waals surface area contributed by atoms with Gasteiger partial charge in [-0.25, -0.2) is 0 Å². The van der Waals surface area contributed by atoms with Gasteiger partial charge < -0.3 is 0 Å². The molecule has 8 heteroatoms. The van der Waals surface area contributed by atoms with Crippen molar-refractivity contribution in [2.75, 3.05) is 0 Å². The summed E-state index contributed by atoms with van der Waals surface area (Å²) in [4.78, 5) is 0. The fourth-order valence-corrected chi connectivity index (χ4v) is 14.5. The standard InChI is InChI=1S/2C31H39Si2.C2H6Si.2ClH.Zr/c2*1-22(2)16-23-17-25-14-15-29(24-12-10-9-11-13-24)31(30(25)18-23)26-19-27(32(3,4)5)21-28(20-26)33(6,7)8;1-3-2;;;/h2*9-15,17-22H,16H2,1-8H3;1-2H3;2*1H;/q2*-1;;;;+4/p-2. The zero-order valence-electron chi connectivity index (χ0n) is 47.2. The van der Waals surface area contributed by atoms with E-state index in [0.29, 0.717) is 11.8 Å². The summed E-state index contributed by atoms with van der Waals surface area (Å²) in [5.41, 5.74) is 13.8. The molecule has 0 saturated carbocycles. The quantitative estimate of drug-likeness (QED) is 0.0845. The molecule has 8 aromatic rings.